The van der Waals surface area contributed by atoms with E-state index < -0.39 is 23.9 Å². The highest BCUT2D eigenvalue weighted by Crippen LogP contribution is 2.40. The number of halogens is 2. The van der Waals surface area contributed by atoms with E-state index in [-0.39, 0.29) is 50.5 Å². The van der Waals surface area contributed by atoms with Crippen molar-refractivity contribution in [2.75, 3.05) is 0 Å². The summed E-state index contributed by atoms with van der Waals surface area (Å²) < 4.78 is 0. The van der Waals surface area contributed by atoms with Crippen LogP contribution in [0.1, 0.15) is 197 Å². The van der Waals surface area contributed by atoms with Crippen LogP contribution < -0.4 is 0 Å². The summed E-state index contributed by atoms with van der Waals surface area (Å²) in [6.07, 6.45) is 4.78. The highest BCUT2D eigenvalue weighted by Gasteiger charge is 2.24. The van der Waals surface area contributed by atoms with Crippen molar-refractivity contribution in [1.82, 2.24) is 39.9 Å². The van der Waals surface area contributed by atoms with E-state index in [1.54, 1.807) is 0 Å². The first-order chi connectivity index (χ1) is 40.0. The van der Waals surface area contributed by atoms with Gasteiger partial charge in [0.05, 0.1) is 45.6 Å². The first-order valence-corrected chi connectivity index (χ1v) is 29.2. The highest BCUT2D eigenvalue weighted by atomic mass is 35.5. The van der Waals surface area contributed by atoms with E-state index in [4.69, 9.17) is 19.9 Å². The first-order valence-electron chi connectivity index (χ1n) is 29.2. The van der Waals surface area contributed by atoms with Gasteiger partial charge in [-0.2, -0.15) is 0 Å². The molecule has 4 aliphatic rings. The van der Waals surface area contributed by atoms with Gasteiger partial charge in [-0.25, -0.2) is 19.9 Å². The lowest BCUT2D eigenvalue weighted by atomic mass is 10.00. The standard InChI is InChI=1S/2C34H38N4O4.2ClH/c2*1-7-21-17(3)25-13-26-19(5)23(9-11-33(39)40)31(37-26)16-32-24(10-12-34(41)42)20(6)28(38-32)15-30-22(8-2)18(4)27(36-30)14-29(21)35-25;;/h2*13-16,35,38H,7-12H2,1-6H3,(H,39,40)(H,41,42);2*1H. The molecule has 0 saturated carbocycles. The Morgan fingerprint density at radius 2 is 0.535 bits per heavy atom. The molecule has 452 valence electrons. The van der Waals surface area contributed by atoms with Gasteiger partial charge < -0.3 is 40.4 Å². The second kappa shape index (κ2) is 26.9. The zero-order chi connectivity index (χ0) is 60.6. The molecule has 16 nitrogen and oxygen atoms in total. The Kier molecular flexibility index (Phi) is 20.4. The number of carbonyl (C=O) groups is 4. The largest absolute Gasteiger partial charge is 0.481 e. The number of hydrogen-bond donors (Lipinski definition) is 8. The molecule has 10 heterocycles. The zero-order valence-corrected chi connectivity index (χ0v) is 52.8. The van der Waals surface area contributed by atoms with Crippen LogP contribution in [0, 0.1) is 27.7 Å². The smallest absolute Gasteiger partial charge is 0.303 e. The van der Waals surface area contributed by atoms with Crippen molar-refractivity contribution in [3.63, 3.8) is 0 Å². The fourth-order valence-electron chi connectivity index (χ4n) is 12.4. The van der Waals surface area contributed by atoms with E-state index in [1.807, 2.05) is 52.0 Å². The maximum atomic E-state index is 11.5. The van der Waals surface area contributed by atoms with Crippen molar-refractivity contribution in [2.45, 2.75) is 160 Å². The van der Waals surface area contributed by atoms with Crippen LogP contribution in [0.3, 0.4) is 0 Å². The lowest BCUT2D eigenvalue weighted by Gasteiger charge is -2.03. The number of rotatable bonds is 16. The summed E-state index contributed by atoms with van der Waals surface area (Å²) in [6.45, 7) is 25.0. The van der Waals surface area contributed by atoms with Gasteiger partial charge in [0.1, 0.15) is 0 Å². The third-order valence-corrected chi connectivity index (χ3v) is 17.4. The van der Waals surface area contributed by atoms with Gasteiger partial charge in [0, 0.05) is 69.8 Å². The predicted octanol–water partition coefficient (Wildman–Crippen LogP) is 16.1. The fourth-order valence-corrected chi connectivity index (χ4v) is 12.4. The SMILES string of the molecule is CCC1=C(C)c2cc3[nH]c(cc4nc(cc5[nH]c(cc1n2)c(C)c5CCC(=O)O)C(CCC(=O)O)=C4C)c(C)c3CC.CCC1=C(C)c2cc3[nH]c(cc4nc(cc5[nH]c(cc1n2)c(C)c5CCC(=O)O)C(CCC(=O)O)=C4C)c(C)c3CC.Cl.Cl. The number of aliphatic carboxylic acids is 4. The number of hydrogen-bond acceptors (Lipinski definition) is 8. The van der Waals surface area contributed by atoms with Crippen LogP contribution in [0.5, 0.6) is 0 Å². The summed E-state index contributed by atoms with van der Waals surface area (Å²) >= 11 is 0. The summed E-state index contributed by atoms with van der Waals surface area (Å²) in [4.78, 5) is 80.6. The average Bonchev–Trinajstić information content (AvgIpc) is 1.78. The number of nitrogens with zero attached hydrogens (tertiary/aromatic N) is 4. The molecule has 0 aliphatic carbocycles. The van der Waals surface area contributed by atoms with Gasteiger partial charge in [0.15, 0.2) is 0 Å². The van der Waals surface area contributed by atoms with Crippen LogP contribution in [0.15, 0.2) is 48.5 Å². The molecule has 0 unspecified atom stereocenters. The minimum atomic E-state index is -0.864. The molecule has 10 rings (SSSR count). The molecule has 6 aromatic rings. The van der Waals surface area contributed by atoms with Gasteiger partial charge in [0.2, 0.25) is 0 Å². The van der Waals surface area contributed by atoms with Crippen LogP contribution in [0.25, 0.3) is 88.7 Å². The molecule has 18 heteroatoms. The van der Waals surface area contributed by atoms with Crippen LogP contribution in [-0.4, -0.2) is 84.2 Å². The number of aryl methyl sites for hydroxylation is 8. The normalized spacial score (nSPS) is 13.0. The molecule has 0 amide bonds. The number of allylic oxidation sites excluding steroid dienone is 8. The number of aromatic nitrogens is 8. The Morgan fingerprint density at radius 3 is 0.814 bits per heavy atom. The van der Waals surface area contributed by atoms with Crippen LogP contribution in [-0.2, 0) is 44.9 Å². The number of H-pyrrole nitrogens is 4. The number of nitrogens with one attached hydrogen (secondary N) is 4. The molecule has 4 aliphatic heterocycles. The summed E-state index contributed by atoms with van der Waals surface area (Å²) in [5, 5.41) is 37.9. The molecule has 0 saturated heterocycles. The van der Waals surface area contributed by atoms with Crippen molar-refractivity contribution in [3.8, 4) is 0 Å². The lowest BCUT2D eigenvalue weighted by molar-refractivity contribution is -0.138. The maximum absolute atomic E-state index is 11.5. The van der Waals surface area contributed by atoms with E-state index >= 15 is 0 Å². The number of carboxylic acids is 4. The summed E-state index contributed by atoms with van der Waals surface area (Å²) in [6, 6.07) is 16.4. The van der Waals surface area contributed by atoms with Crippen LogP contribution >= 0.6 is 24.8 Å². The van der Waals surface area contributed by atoms with Gasteiger partial charge in [-0.05, 0) is 244 Å². The Morgan fingerprint density at radius 1 is 0.314 bits per heavy atom. The second-order valence-corrected chi connectivity index (χ2v) is 22.3. The predicted molar refractivity (Wildman–Crippen MR) is 350 cm³/mol. The third kappa shape index (κ3) is 13.1. The molecule has 8 N–H and O–H groups in total. The second-order valence-electron chi connectivity index (χ2n) is 22.3. The van der Waals surface area contributed by atoms with E-state index in [0.717, 1.165) is 171 Å². The molecule has 6 aromatic heterocycles. The molecule has 0 spiro atoms. The first kappa shape index (κ1) is 65.2. The molecule has 0 aromatic carbocycles. The Balaban J connectivity index is 0.000000240. The molecule has 0 radical (unpaired) electrons. The molecule has 16 bridgehead atoms. The maximum Gasteiger partial charge on any atom is 0.303 e. The van der Waals surface area contributed by atoms with Crippen molar-refractivity contribution in [3.05, 3.63) is 139 Å². The Hall–Kier alpha value is -8.34. The zero-order valence-electron chi connectivity index (χ0n) is 51.1. The topological polar surface area (TPSA) is 264 Å². The quantitative estimate of drug-likeness (QED) is 0.0450. The van der Waals surface area contributed by atoms with Crippen LogP contribution in [0.4, 0.5) is 0 Å². The summed E-state index contributed by atoms with van der Waals surface area (Å²) in [5.74, 6) is -3.45. The van der Waals surface area contributed by atoms with Crippen LogP contribution in [0.2, 0.25) is 0 Å². The number of fused-ring (bicyclic) bond motifs is 16. The fraction of sp³-hybridized carbons (Fsp3) is 0.353. The third-order valence-electron chi connectivity index (χ3n) is 17.4. The van der Waals surface area contributed by atoms with E-state index in [0.29, 0.717) is 37.1 Å². The van der Waals surface area contributed by atoms with Gasteiger partial charge in [-0.1, -0.05) is 27.7 Å². The van der Waals surface area contributed by atoms with E-state index in [1.165, 1.54) is 22.3 Å². The molecule has 86 heavy (non-hydrogen) atoms. The average molecular weight is 1210 g/mol. The summed E-state index contributed by atoms with van der Waals surface area (Å²) in [5.41, 5.74) is 30.8. The Labute approximate surface area is 513 Å². The van der Waals surface area contributed by atoms with Crippen molar-refractivity contribution in [1.29, 1.82) is 0 Å². The monoisotopic (exact) mass is 1200 g/mol. The molecule has 0 atom stereocenters. The lowest BCUT2D eigenvalue weighted by Crippen LogP contribution is -1.98. The highest BCUT2D eigenvalue weighted by molar-refractivity contribution is 5.98. The molecular formula is C68H78Cl2N8O8. The number of carboxylic acid groups (broad SMARTS) is 4. The molecular weight excluding hydrogens is 1130 g/mol. The minimum absolute atomic E-state index is 0. The summed E-state index contributed by atoms with van der Waals surface area (Å²) in [7, 11) is 0. The van der Waals surface area contributed by atoms with Crippen molar-refractivity contribution < 1.29 is 39.6 Å². The van der Waals surface area contributed by atoms with Gasteiger partial charge >= 0.3 is 23.9 Å². The minimum Gasteiger partial charge on any atom is -0.481 e. The van der Waals surface area contributed by atoms with Crippen molar-refractivity contribution in [2.24, 2.45) is 0 Å². The van der Waals surface area contributed by atoms with E-state index in [9.17, 15) is 39.6 Å². The van der Waals surface area contributed by atoms with Gasteiger partial charge in [0.25, 0.3) is 0 Å². The number of aromatic amines is 4. The van der Waals surface area contributed by atoms with Gasteiger partial charge in [-0.15, -0.1) is 24.8 Å². The Bertz CT molecular complexity index is 3990. The van der Waals surface area contributed by atoms with Gasteiger partial charge in [-0.3, -0.25) is 19.2 Å². The van der Waals surface area contributed by atoms with Crippen molar-refractivity contribution >= 4 is 137 Å². The molecule has 0 fully saturated rings. The van der Waals surface area contributed by atoms with E-state index in [2.05, 4.69) is 99.6 Å².